The summed E-state index contributed by atoms with van der Waals surface area (Å²) in [5.41, 5.74) is 1.13. The van der Waals surface area contributed by atoms with Crippen LogP contribution in [-0.2, 0) is 20.9 Å². The minimum Gasteiger partial charge on any atom is -0.488 e. The standard InChI is InChI=1S/C20H17Cl2NO5/c21-15-5-6-17(16(22)11-15)27-9-10-28-20(26)14-3-1-13(2-4-14)12-23-18(24)7-8-19(23)25/h1-6,11H,7-10,12H2. The van der Waals surface area contributed by atoms with Gasteiger partial charge < -0.3 is 9.47 Å². The Hall–Kier alpha value is -2.57. The Kier molecular flexibility index (Phi) is 6.54. The number of carbonyl (C=O) groups excluding carboxylic acids is 3. The van der Waals surface area contributed by atoms with E-state index in [1.807, 2.05) is 0 Å². The molecule has 1 fully saturated rings. The minimum atomic E-state index is -0.495. The van der Waals surface area contributed by atoms with Gasteiger partial charge in [0.25, 0.3) is 0 Å². The highest BCUT2D eigenvalue weighted by Gasteiger charge is 2.28. The molecule has 0 N–H and O–H groups in total. The van der Waals surface area contributed by atoms with Crippen molar-refractivity contribution < 1.29 is 23.9 Å². The second-order valence-corrected chi connectivity index (χ2v) is 6.97. The molecule has 0 atom stereocenters. The third-order valence-corrected chi connectivity index (χ3v) is 4.68. The van der Waals surface area contributed by atoms with Crippen LogP contribution in [-0.4, -0.2) is 35.9 Å². The fraction of sp³-hybridized carbons (Fsp3) is 0.250. The number of esters is 1. The molecule has 1 saturated heterocycles. The molecule has 28 heavy (non-hydrogen) atoms. The number of rotatable bonds is 7. The third kappa shape index (κ3) is 5.03. The van der Waals surface area contributed by atoms with Crippen molar-refractivity contribution >= 4 is 41.0 Å². The van der Waals surface area contributed by atoms with Crippen LogP contribution >= 0.6 is 23.2 Å². The Balaban J connectivity index is 1.46. The molecule has 1 aliphatic heterocycles. The molecule has 8 heteroatoms. The monoisotopic (exact) mass is 421 g/mol. The first kappa shape index (κ1) is 20.2. The van der Waals surface area contributed by atoms with Crippen LogP contribution in [0.4, 0.5) is 0 Å². The average Bonchev–Trinajstić information content (AvgIpc) is 2.99. The highest BCUT2D eigenvalue weighted by Crippen LogP contribution is 2.27. The van der Waals surface area contributed by atoms with E-state index in [-0.39, 0.29) is 44.4 Å². The van der Waals surface area contributed by atoms with Gasteiger partial charge in [-0.1, -0.05) is 35.3 Å². The lowest BCUT2D eigenvalue weighted by Gasteiger charge is -2.14. The first-order valence-electron chi connectivity index (χ1n) is 8.61. The molecule has 0 aliphatic carbocycles. The zero-order valence-corrected chi connectivity index (χ0v) is 16.3. The van der Waals surface area contributed by atoms with E-state index in [0.717, 1.165) is 5.56 Å². The SMILES string of the molecule is O=C(OCCOc1ccc(Cl)cc1Cl)c1ccc(CN2C(=O)CCC2=O)cc1. The minimum absolute atomic E-state index is 0.0519. The number of carbonyl (C=O) groups is 3. The van der Waals surface area contributed by atoms with Gasteiger partial charge in [0, 0.05) is 17.9 Å². The van der Waals surface area contributed by atoms with E-state index in [9.17, 15) is 14.4 Å². The lowest BCUT2D eigenvalue weighted by atomic mass is 10.1. The number of likely N-dealkylation sites (tertiary alicyclic amines) is 1. The summed E-state index contributed by atoms with van der Waals surface area (Å²) in [5, 5.41) is 0.884. The van der Waals surface area contributed by atoms with Crippen LogP contribution in [0.1, 0.15) is 28.8 Å². The molecule has 2 amide bonds. The number of halogens is 2. The van der Waals surface area contributed by atoms with Crippen LogP contribution in [0.15, 0.2) is 42.5 Å². The fourth-order valence-electron chi connectivity index (χ4n) is 2.69. The normalized spacial score (nSPS) is 13.7. The molecule has 0 bridgehead atoms. The van der Waals surface area contributed by atoms with Crippen LogP contribution < -0.4 is 4.74 Å². The van der Waals surface area contributed by atoms with Gasteiger partial charge in [-0.25, -0.2) is 4.79 Å². The Labute approximate surface area is 171 Å². The third-order valence-electron chi connectivity index (χ3n) is 4.15. The van der Waals surface area contributed by atoms with Crippen molar-refractivity contribution in [2.24, 2.45) is 0 Å². The molecule has 1 aliphatic rings. The number of amides is 2. The first-order valence-corrected chi connectivity index (χ1v) is 9.37. The van der Waals surface area contributed by atoms with Crippen molar-refractivity contribution in [1.29, 1.82) is 0 Å². The summed E-state index contributed by atoms with van der Waals surface area (Å²) in [6.45, 7) is 0.406. The fourth-order valence-corrected chi connectivity index (χ4v) is 3.15. The molecule has 146 valence electrons. The molecule has 6 nitrogen and oxygen atoms in total. The largest absolute Gasteiger partial charge is 0.488 e. The summed E-state index contributed by atoms with van der Waals surface area (Å²) in [6.07, 6.45) is 0.513. The Morgan fingerprint density at radius 1 is 0.964 bits per heavy atom. The molecule has 0 unspecified atom stereocenters. The first-order chi connectivity index (χ1) is 13.4. The summed E-state index contributed by atoms with van der Waals surface area (Å²) < 4.78 is 10.6. The number of imide groups is 1. The van der Waals surface area contributed by atoms with Crippen molar-refractivity contribution in [3.63, 3.8) is 0 Å². The highest BCUT2D eigenvalue weighted by atomic mass is 35.5. The smallest absolute Gasteiger partial charge is 0.338 e. The number of ether oxygens (including phenoxy) is 2. The van der Waals surface area contributed by atoms with E-state index in [4.69, 9.17) is 32.7 Å². The van der Waals surface area contributed by atoms with E-state index >= 15 is 0 Å². The average molecular weight is 422 g/mol. The van der Waals surface area contributed by atoms with Crippen LogP contribution in [0, 0.1) is 0 Å². The second-order valence-electron chi connectivity index (χ2n) is 6.13. The van der Waals surface area contributed by atoms with Crippen LogP contribution in [0.5, 0.6) is 5.75 Å². The van der Waals surface area contributed by atoms with Gasteiger partial charge in [0.2, 0.25) is 11.8 Å². The molecule has 0 saturated carbocycles. The maximum Gasteiger partial charge on any atom is 0.338 e. The zero-order valence-electron chi connectivity index (χ0n) is 14.8. The quantitative estimate of drug-likeness (QED) is 0.385. The molecular weight excluding hydrogens is 405 g/mol. The van der Waals surface area contributed by atoms with E-state index in [2.05, 4.69) is 0 Å². The highest BCUT2D eigenvalue weighted by molar-refractivity contribution is 6.35. The number of hydrogen-bond donors (Lipinski definition) is 0. The topological polar surface area (TPSA) is 72.9 Å². The van der Waals surface area contributed by atoms with E-state index in [1.54, 1.807) is 42.5 Å². The van der Waals surface area contributed by atoms with Crippen molar-refractivity contribution in [2.75, 3.05) is 13.2 Å². The molecule has 3 rings (SSSR count). The van der Waals surface area contributed by atoms with Crippen LogP contribution in [0.25, 0.3) is 0 Å². The Morgan fingerprint density at radius 3 is 2.29 bits per heavy atom. The van der Waals surface area contributed by atoms with Gasteiger partial charge in [-0.2, -0.15) is 0 Å². The summed E-state index contributed by atoms with van der Waals surface area (Å²) in [6, 6.07) is 11.4. The summed E-state index contributed by atoms with van der Waals surface area (Å²) in [4.78, 5) is 36.6. The van der Waals surface area contributed by atoms with E-state index in [1.165, 1.54) is 4.90 Å². The van der Waals surface area contributed by atoms with Crippen LogP contribution in [0.3, 0.4) is 0 Å². The van der Waals surface area contributed by atoms with Gasteiger partial charge in [0.05, 0.1) is 17.1 Å². The maximum absolute atomic E-state index is 12.1. The lowest BCUT2D eigenvalue weighted by Crippen LogP contribution is -2.28. The zero-order chi connectivity index (χ0) is 20.1. The molecular formula is C20H17Cl2NO5. The molecule has 0 radical (unpaired) electrons. The molecule has 1 heterocycles. The van der Waals surface area contributed by atoms with Gasteiger partial charge in [0.1, 0.15) is 19.0 Å². The Morgan fingerprint density at radius 2 is 1.64 bits per heavy atom. The summed E-state index contributed by atoms with van der Waals surface area (Å²) in [5.74, 6) is -0.383. The number of nitrogens with zero attached hydrogens (tertiary/aromatic N) is 1. The van der Waals surface area contributed by atoms with Crippen LogP contribution in [0.2, 0.25) is 10.0 Å². The lowest BCUT2D eigenvalue weighted by molar-refractivity contribution is -0.139. The van der Waals surface area contributed by atoms with Gasteiger partial charge in [-0.3, -0.25) is 14.5 Å². The van der Waals surface area contributed by atoms with E-state index < -0.39 is 5.97 Å². The molecule has 0 aromatic heterocycles. The summed E-state index contributed by atoms with van der Waals surface area (Å²) >= 11 is 11.8. The molecule has 2 aromatic carbocycles. The Bertz CT molecular complexity index is 882. The second kappa shape index (κ2) is 9.08. The predicted octanol–water partition coefficient (Wildman–Crippen LogP) is 3.88. The molecule has 0 spiro atoms. The predicted molar refractivity (Wildman–Crippen MR) is 103 cm³/mol. The van der Waals surface area contributed by atoms with Gasteiger partial charge in [0.15, 0.2) is 0 Å². The molecule has 2 aromatic rings. The van der Waals surface area contributed by atoms with E-state index in [0.29, 0.717) is 21.4 Å². The van der Waals surface area contributed by atoms with Crippen molar-refractivity contribution in [1.82, 2.24) is 4.90 Å². The van der Waals surface area contributed by atoms with Crippen molar-refractivity contribution in [3.8, 4) is 5.75 Å². The van der Waals surface area contributed by atoms with Gasteiger partial charge in [-0.15, -0.1) is 0 Å². The van der Waals surface area contributed by atoms with Crippen molar-refractivity contribution in [3.05, 3.63) is 63.6 Å². The number of benzene rings is 2. The number of hydrogen-bond acceptors (Lipinski definition) is 5. The maximum atomic E-state index is 12.1. The van der Waals surface area contributed by atoms with Crippen molar-refractivity contribution in [2.45, 2.75) is 19.4 Å². The summed E-state index contributed by atoms with van der Waals surface area (Å²) in [7, 11) is 0. The van der Waals surface area contributed by atoms with Gasteiger partial charge in [-0.05, 0) is 35.9 Å². The van der Waals surface area contributed by atoms with Gasteiger partial charge >= 0.3 is 5.97 Å².